The number of anilines is 3. The summed E-state index contributed by atoms with van der Waals surface area (Å²) < 4.78 is 58.7. The number of nitrogens with one attached hydrogen (secondary N) is 4. The van der Waals surface area contributed by atoms with Crippen molar-refractivity contribution in [3.8, 4) is 11.1 Å². The van der Waals surface area contributed by atoms with Crippen LogP contribution in [0.5, 0.6) is 0 Å². The molecule has 19 heteroatoms. The summed E-state index contributed by atoms with van der Waals surface area (Å²) >= 11 is 0. The van der Waals surface area contributed by atoms with Gasteiger partial charge in [-0.3, -0.25) is 29.3 Å². The number of pyridine rings is 1. The zero-order valence-electron chi connectivity index (χ0n) is 35.0. The molecule has 2 aromatic carbocycles. The minimum atomic E-state index is -4.15. The maximum Gasteiger partial charge on any atom is 0.301 e. The molecule has 5 aromatic rings. The number of hydrogen-bond acceptors (Lipinski definition) is 12. The highest BCUT2D eigenvalue weighted by Crippen LogP contribution is 2.40. The molecule has 3 aromatic heterocycles. The molecule has 1 saturated carbocycles. The van der Waals surface area contributed by atoms with E-state index in [2.05, 4.69) is 57.2 Å². The third kappa shape index (κ3) is 9.56. The number of imide groups is 1. The van der Waals surface area contributed by atoms with Gasteiger partial charge in [0.2, 0.25) is 23.5 Å². The van der Waals surface area contributed by atoms with E-state index in [0.717, 1.165) is 67.4 Å². The quantitative estimate of drug-likeness (QED) is 0.0742. The van der Waals surface area contributed by atoms with E-state index in [1.165, 1.54) is 18.8 Å². The van der Waals surface area contributed by atoms with E-state index in [9.17, 15) is 27.9 Å². The second-order valence-corrected chi connectivity index (χ2v) is 18.4. The third-order valence-corrected chi connectivity index (χ3v) is 14.1. The Kier molecular flexibility index (Phi) is 12.5. The van der Waals surface area contributed by atoms with Gasteiger partial charge in [0.1, 0.15) is 17.5 Å². The minimum absolute atomic E-state index is 0.0525. The van der Waals surface area contributed by atoms with Gasteiger partial charge in [-0.2, -0.15) is 12.7 Å². The summed E-state index contributed by atoms with van der Waals surface area (Å²) in [7, 11) is -2.85. The first-order valence-corrected chi connectivity index (χ1v) is 22.6. The number of H-pyrrole nitrogens is 1. The first-order chi connectivity index (χ1) is 30.2. The van der Waals surface area contributed by atoms with Crippen LogP contribution in [0.25, 0.3) is 22.2 Å². The molecule has 8 rings (SSSR count). The molecule has 0 bridgehead atoms. The molecule has 0 radical (unpaired) electrons. The van der Waals surface area contributed by atoms with Crippen LogP contribution < -0.4 is 20.3 Å². The maximum absolute atomic E-state index is 15.6. The number of piperazine rings is 1. The monoisotopic (exact) mass is 884 g/mol. The van der Waals surface area contributed by atoms with Gasteiger partial charge in [0.25, 0.3) is 0 Å². The molecule has 1 unspecified atom stereocenters. The smallest absolute Gasteiger partial charge is 0.301 e. The highest BCUT2D eigenvalue weighted by atomic mass is 32.2. The van der Waals surface area contributed by atoms with E-state index in [1.54, 1.807) is 31.6 Å². The van der Waals surface area contributed by atoms with E-state index >= 15 is 8.78 Å². The number of aliphatic hydroxyl groups is 1. The number of piperidine rings is 1. The number of amides is 2. The Morgan fingerprint density at radius 3 is 2.35 bits per heavy atom. The van der Waals surface area contributed by atoms with Crippen molar-refractivity contribution in [1.82, 2.24) is 34.5 Å². The molecule has 1 aliphatic carbocycles. The van der Waals surface area contributed by atoms with Crippen LogP contribution in [0.3, 0.4) is 0 Å². The van der Waals surface area contributed by atoms with Gasteiger partial charge in [0, 0.05) is 105 Å². The van der Waals surface area contributed by atoms with Crippen molar-refractivity contribution < 1.29 is 36.7 Å². The van der Waals surface area contributed by atoms with E-state index in [1.807, 2.05) is 12.1 Å². The lowest BCUT2D eigenvalue weighted by Crippen LogP contribution is -2.48. The van der Waals surface area contributed by atoms with Gasteiger partial charge >= 0.3 is 10.2 Å². The molecule has 63 heavy (non-hydrogen) atoms. The van der Waals surface area contributed by atoms with E-state index in [0.29, 0.717) is 66.4 Å². The second-order valence-electron chi connectivity index (χ2n) is 16.6. The highest BCUT2D eigenvalue weighted by molar-refractivity contribution is 7.90. The average molecular weight is 885 g/mol. The summed E-state index contributed by atoms with van der Waals surface area (Å²) in [6, 6.07) is 11.1. The Balaban J connectivity index is 0.831. The van der Waals surface area contributed by atoms with Crippen molar-refractivity contribution in [3.05, 3.63) is 95.6 Å². The molecule has 3 aliphatic rings. The third-order valence-electron chi connectivity index (χ3n) is 12.6. The SMILES string of the molecule is CCN(C)S(=O)(=O)Nc1ccc(F)c(C(=O)c2c[nH]c3ncc(-c4cnc(N5CCN(CCC6(O)CCC(c7ccc(NC8CCC(=O)NC8=O)cc7)CC6)CC5)nc4)cc23)c1F. The standard InChI is InChI=1S/C44H50F2N10O6S/c1-3-54(2)63(61,62)53-35-9-8-34(45)38(39(35)46)40(58)33-26-48-41-32(33)22-29(23-47-41)30-24-49-43(50-25-30)56-20-18-55(19-21-56)17-16-44(60)14-12-28(13-15-44)27-4-6-31(7-5-27)51-36-10-11-37(57)52-42(36)59/h4-9,22-26,28,36,51,53,60H,3,10-21H2,1-2H3,(H,47,48)(H,52,57,59). The first kappa shape index (κ1) is 43.7. The zero-order chi connectivity index (χ0) is 44.5. The molecule has 2 saturated heterocycles. The van der Waals surface area contributed by atoms with E-state index < -0.39 is 50.5 Å². The first-order valence-electron chi connectivity index (χ1n) is 21.2. The number of fused-ring (bicyclic) bond motifs is 1. The van der Waals surface area contributed by atoms with Gasteiger partial charge < -0.3 is 20.3 Å². The number of carbonyl (C=O) groups excluding carboxylic acids is 3. The van der Waals surface area contributed by atoms with E-state index in [4.69, 9.17) is 0 Å². The number of ketones is 1. The Morgan fingerprint density at radius 2 is 1.67 bits per heavy atom. The van der Waals surface area contributed by atoms with Crippen molar-refractivity contribution in [3.63, 3.8) is 0 Å². The molecule has 332 valence electrons. The lowest BCUT2D eigenvalue weighted by atomic mass is 9.74. The summed E-state index contributed by atoms with van der Waals surface area (Å²) in [5.74, 6) is -3.08. The molecule has 1 atom stereocenters. The fourth-order valence-electron chi connectivity index (χ4n) is 8.50. The second kappa shape index (κ2) is 18.1. The molecule has 5 heterocycles. The van der Waals surface area contributed by atoms with Crippen molar-refractivity contribution in [2.75, 3.05) is 61.3 Å². The number of halogens is 2. The fourth-order valence-corrected chi connectivity index (χ4v) is 9.44. The fraction of sp³-hybridized carbons (Fsp3) is 0.409. The van der Waals surface area contributed by atoms with Crippen LogP contribution in [-0.4, -0.2) is 118 Å². The molecule has 2 aliphatic heterocycles. The Morgan fingerprint density at radius 1 is 0.968 bits per heavy atom. The minimum Gasteiger partial charge on any atom is -0.390 e. The Hall–Kier alpha value is -5.89. The summed E-state index contributed by atoms with van der Waals surface area (Å²) in [4.78, 5) is 58.2. The predicted octanol–water partition coefficient (Wildman–Crippen LogP) is 4.96. The number of aromatic amines is 1. The van der Waals surface area contributed by atoms with Crippen molar-refractivity contribution in [2.45, 2.75) is 69.4 Å². The summed E-state index contributed by atoms with van der Waals surface area (Å²) in [5.41, 5.74) is 1.32. The number of nitrogens with zero attached hydrogens (tertiary/aromatic N) is 6. The van der Waals surface area contributed by atoms with Gasteiger partial charge in [-0.15, -0.1) is 0 Å². The number of rotatable bonds is 14. The Bertz CT molecular complexity index is 2610. The largest absolute Gasteiger partial charge is 0.390 e. The van der Waals surface area contributed by atoms with Gasteiger partial charge in [-0.05, 0) is 80.3 Å². The average Bonchev–Trinajstić information content (AvgIpc) is 3.72. The lowest BCUT2D eigenvalue weighted by molar-refractivity contribution is -0.133. The normalized spacial score (nSPS) is 21.1. The molecular weight excluding hydrogens is 835 g/mol. The number of hydrogen-bond donors (Lipinski definition) is 5. The summed E-state index contributed by atoms with van der Waals surface area (Å²) in [6.45, 7) is 5.49. The van der Waals surface area contributed by atoms with Crippen LogP contribution in [0.1, 0.15) is 79.3 Å². The van der Waals surface area contributed by atoms with Gasteiger partial charge in [-0.25, -0.2) is 23.7 Å². The van der Waals surface area contributed by atoms with Crippen LogP contribution in [0.15, 0.2) is 67.3 Å². The van der Waals surface area contributed by atoms with Crippen LogP contribution in [-0.2, 0) is 19.8 Å². The summed E-state index contributed by atoms with van der Waals surface area (Å²) in [5, 5.41) is 17.4. The zero-order valence-corrected chi connectivity index (χ0v) is 35.9. The molecule has 2 amide bonds. The molecule has 5 N–H and O–H groups in total. The molecule has 3 fully saturated rings. The van der Waals surface area contributed by atoms with Crippen LogP contribution in [0.2, 0.25) is 0 Å². The van der Waals surface area contributed by atoms with Crippen LogP contribution in [0, 0.1) is 11.6 Å². The number of benzene rings is 2. The van der Waals surface area contributed by atoms with Crippen molar-refractivity contribution in [1.29, 1.82) is 0 Å². The summed E-state index contributed by atoms with van der Waals surface area (Å²) in [6.07, 6.45) is 10.9. The number of carbonyl (C=O) groups is 3. The number of aromatic nitrogens is 4. The maximum atomic E-state index is 15.6. The van der Waals surface area contributed by atoms with Crippen LogP contribution in [0.4, 0.5) is 26.1 Å². The van der Waals surface area contributed by atoms with Crippen LogP contribution >= 0.6 is 0 Å². The van der Waals surface area contributed by atoms with Crippen molar-refractivity contribution >= 4 is 56.2 Å². The van der Waals surface area contributed by atoms with Gasteiger partial charge in [-0.1, -0.05) is 19.1 Å². The van der Waals surface area contributed by atoms with E-state index in [-0.39, 0.29) is 23.9 Å². The Labute approximate surface area is 363 Å². The molecule has 0 spiro atoms. The van der Waals surface area contributed by atoms with Gasteiger partial charge in [0.15, 0.2) is 5.82 Å². The van der Waals surface area contributed by atoms with Crippen molar-refractivity contribution in [2.24, 2.45) is 0 Å². The predicted molar refractivity (Wildman–Crippen MR) is 233 cm³/mol. The topological polar surface area (TPSA) is 206 Å². The van der Waals surface area contributed by atoms with Gasteiger partial charge in [0.05, 0.1) is 16.9 Å². The molecule has 16 nitrogen and oxygen atoms in total. The lowest BCUT2D eigenvalue weighted by Gasteiger charge is -2.39. The highest BCUT2D eigenvalue weighted by Gasteiger charge is 2.35. The molecular formula is C44H50F2N10O6S.